The number of hydrogen-bond donors (Lipinski definition) is 1. The van der Waals surface area contributed by atoms with Gasteiger partial charge in [-0.2, -0.15) is 0 Å². The van der Waals surface area contributed by atoms with Crippen LogP contribution in [0.25, 0.3) is 12.7 Å². The summed E-state index contributed by atoms with van der Waals surface area (Å²) >= 11 is 0. The third-order valence-electron chi connectivity index (χ3n) is 1.94. The van der Waals surface area contributed by atoms with E-state index in [1.807, 2.05) is 25.3 Å². The molecule has 0 unspecified atom stereocenters. The van der Waals surface area contributed by atoms with E-state index in [4.69, 9.17) is 0 Å². The molecule has 0 bridgehead atoms. The van der Waals surface area contributed by atoms with E-state index in [1.165, 1.54) is 10.8 Å². The molecule has 68 valence electrons. The predicted molar refractivity (Wildman–Crippen MR) is 58.6 cm³/mol. The minimum absolute atomic E-state index is 0.864. The lowest BCUT2D eigenvalue weighted by atomic mass is 10.1. The van der Waals surface area contributed by atoms with Gasteiger partial charge in [0.15, 0.2) is 0 Å². The average Bonchev–Trinajstić information content (AvgIpc) is 2.11. The highest BCUT2D eigenvalue weighted by Gasteiger charge is 1.92. The highest BCUT2D eigenvalue weighted by atomic mass is 14.8. The van der Waals surface area contributed by atoms with Gasteiger partial charge in [-0.1, -0.05) is 43.5 Å². The summed E-state index contributed by atoms with van der Waals surface area (Å²) in [6.07, 6.45) is 3.79. The van der Waals surface area contributed by atoms with Crippen molar-refractivity contribution in [3.63, 3.8) is 0 Å². The Morgan fingerprint density at radius 3 is 2.85 bits per heavy atom. The quantitative estimate of drug-likeness (QED) is 0.712. The number of allylic oxidation sites excluding steroid dienone is 1. The smallest absolute Gasteiger partial charge is 0.0208 e. The minimum atomic E-state index is 0.864. The van der Waals surface area contributed by atoms with E-state index in [0.29, 0.717) is 0 Å². The van der Waals surface area contributed by atoms with E-state index in [9.17, 15) is 0 Å². The molecule has 1 aromatic carbocycles. The first kappa shape index (κ1) is 9.75. The van der Waals surface area contributed by atoms with Crippen molar-refractivity contribution in [2.45, 2.75) is 6.54 Å². The molecule has 13 heavy (non-hydrogen) atoms. The normalized spacial score (nSPS) is 11.6. The molecule has 0 saturated carbocycles. The maximum Gasteiger partial charge on any atom is 0.0208 e. The van der Waals surface area contributed by atoms with Crippen LogP contribution < -0.4 is 15.8 Å². The van der Waals surface area contributed by atoms with Crippen LogP contribution >= 0.6 is 0 Å². The average molecular weight is 173 g/mol. The molecule has 0 amide bonds. The number of rotatable bonds is 3. The Bertz CT molecular complexity index is 390. The lowest BCUT2D eigenvalue weighted by Crippen LogP contribution is -2.28. The lowest BCUT2D eigenvalue weighted by molar-refractivity contribution is 0.812. The van der Waals surface area contributed by atoms with Crippen LogP contribution in [0.5, 0.6) is 0 Å². The second kappa shape index (κ2) is 4.63. The summed E-state index contributed by atoms with van der Waals surface area (Å²) in [6.45, 7) is 8.53. The van der Waals surface area contributed by atoms with E-state index in [-0.39, 0.29) is 0 Å². The second-order valence-electron chi connectivity index (χ2n) is 2.92. The van der Waals surface area contributed by atoms with Gasteiger partial charge in [0, 0.05) is 6.54 Å². The van der Waals surface area contributed by atoms with Gasteiger partial charge in [0.1, 0.15) is 0 Å². The zero-order chi connectivity index (χ0) is 9.68. The molecule has 0 fully saturated rings. The van der Waals surface area contributed by atoms with E-state index < -0.39 is 0 Å². The first-order valence-corrected chi connectivity index (χ1v) is 4.33. The van der Waals surface area contributed by atoms with E-state index in [1.54, 1.807) is 6.08 Å². The van der Waals surface area contributed by atoms with Crippen LogP contribution in [0.4, 0.5) is 0 Å². The summed E-state index contributed by atoms with van der Waals surface area (Å²) in [4.78, 5) is 0. The van der Waals surface area contributed by atoms with Crippen molar-refractivity contribution in [3.05, 3.63) is 46.9 Å². The van der Waals surface area contributed by atoms with Crippen LogP contribution in [0.2, 0.25) is 0 Å². The maximum atomic E-state index is 3.98. The Hall–Kier alpha value is -1.34. The summed E-state index contributed by atoms with van der Waals surface area (Å²) in [7, 11) is 1.94. The van der Waals surface area contributed by atoms with Crippen LogP contribution in [-0.4, -0.2) is 7.05 Å². The molecule has 0 atom stereocenters. The molecule has 0 radical (unpaired) electrons. The molecule has 0 saturated heterocycles. The lowest BCUT2D eigenvalue weighted by Gasteiger charge is -2.00. The van der Waals surface area contributed by atoms with Gasteiger partial charge < -0.3 is 5.32 Å². The van der Waals surface area contributed by atoms with Gasteiger partial charge in [0.25, 0.3) is 0 Å². The van der Waals surface area contributed by atoms with Gasteiger partial charge in [-0.3, -0.25) is 0 Å². The molecule has 0 heterocycles. The SMILES string of the molecule is C=C/C=c1/c(CNC)cccc1=C. The van der Waals surface area contributed by atoms with Gasteiger partial charge in [-0.25, -0.2) is 0 Å². The molecule has 1 N–H and O–H groups in total. The Morgan fingerprint density at radius 2 is 2.23 bits per heavy atom. The van der Waals surface area contributed by atoms with Crippen molar-refractivity contribution in [1.29, 1.82) is 0 Å². The molecule has 1 aromatic rings. The Labute approximate surface area is 79.1 Å². The molecule has 1 rings (SSSR count). The fourth-order valence-corrected chi connectivity index (χ4v) is 1.34. The molecule has 0 aromatic heterocycles. The van der Waals surface area contributed by atoms with Crippen LogP contribution in [0.1, 0.15) is 5.56 Å². The molecule has 0 aliphatic heterocycles. The van der Waals surface area contributed by atoms with E-state index >= 15 is 0 Å². The zero-order valence-corrected chi connectivity index (χ0v) is 8.01. The summed E-state index contributed by atoms with van der Waals surface area (Å²) in [5.74, 6) is 0. The van der Waals surface area contributed by atoms with E-state index in [0.717, 1.165) is 11.8 Å². The molecular formula is C12H15N. The number of hydrogen-bond acceptors (Lipinski definition) is 1. The fourth-order valence-electron chi connectivity index (χ4n) is 1.34. The van der Waals surface area contributed by atoms with Crippen LogP contribution in [0.15, 0.2) is 30.9 Å². The van der Waals surface area contributed by atoms with Crippen molar-refractivity contribution in [3.8, 4) is 0 Å². The molecule has 0 spiro atoms. The molecule has 0 aliphatic rings. The van der Waals surface area contributed by atoms with Crippen molar-refractivity contribution < 1.29 is 0 Å². The van der Waals surface area contributed by atoms with Gasteiger partial charge in [0.2, 0.25) is 0 Å². The minimum Gasteiger partial charge on any atom is -0.316 e. The van der Waals surface area contributed by atoms with Gasteiger partial charge in [0.05, 0.1) is 0 Å². The monoisotopic (exact) mass is 173 g/mol. The van der Waals surface area contributed by atoms with Gasteiger partial charge in [-0.15, -0.1) is 0 Å². The van der Waals surface area contributed by atoms with E-state index in [2.05, 4.69) is 24.5 Å². The Kier molecular flexibility index (Phi) is 3.47. The summed E-state index contributed by atoms with van der Waals surface area (Å²) in [6, 6.07) is 6.13. The second-order valence-corrected chi connectivity index (χ2v) is 2.92. The Balaban J connectivity index is 3.34. The topological polar surface area (TPSA) is 12.0 Å². The molecular weight excluding hydrogens is 158 g/mol. The zero-order valence-electron chi connectivity index (χ0n) is 8.01. The standard InChI is InChI=1S/C12H15N/c1-4-6-12-10(2)7-5-8-11(12)9-13-3/h4-8,13H,1-2,9H2,3H3/b12-6+. The summed E-state index contributed by atoms with van der Waals surface area (Å²) in [5.41, 5.74) is 1.26. The molecule has 1 nitrogen and oxygen atoms in total. The van der Waals surface area contributed by atoms with Crippen molar-refractivity contribution >= 4 is 12.7 Å². The third-order valence-corrected chi connectivity index (χ3v) is 1.94. The first-order chi connectivity index (χ1) is 6.29. The fraction of sp³-hybridized carbons (Fsp3) is 0.167. The summed E-state index contributed by atoms with van der Waals surface area (Å²) in [5, 5.41) is 5.35. The first-order valence-electron chi connectivity index (χ1n) is 4.33. The van der Waals surface area contributed by atoms with Crippen molar-refractivity contribution in [1.82, 2.24) is 5.32 Å². The van der Waals surface area contributed by atoms with Crippen molar-refractivity contribution in [2.75, 3.05) is 7.05 Å². The van der Waals surface area contributed by atoms with Gasteiger partial charge in [-0.05, 0) is 23.0 Å². The molecule has 1 heteroatoms. The highest BCUT2D eigenvalue weighted by Crippen LogP contribution is 1.87. The molecule has 0 aliphatic carbocycles. The van der Waals surface area contributed by atoms with Crippen LogP contribution in [0.3, 0.4) is 0 Å². The maximum absolute atomic E-state index is 3.98. The van der Waals surface area contributed by atoms with Crippen LogP contribution in [-0.2, 0) is 6.54 Å². The van der Waals surface area contributed by atoms with Crippen molar-refractivity contribution in [2.24, 2.45) is 0 Å². The van der Waals surface area contributed by atoms with Gasteiger partial charge >= 0.3 is 0 Å². The van der Waals surface area contributed by atoms with Crippen LogP contribution in [0, 0.1) is 0 Å². The number of benzene rings is 1. The highest BCUT2D eigenvalue weighted by molar-refractivity contribution is 5.39. The predicted octanol–water partition coefficient (Wildman–Crippen LogP) is 0.783. The largest absolute Gasteiger partial charge is 0.316 e. The third kappa shape index (κ3) is 2.30. The number of nitrogens with one attached hydrogen (secondary N) is 1. The summed E-state index contributed by atoms with van der Waals surface area (Å²) < 4.78 is 0. The Morgan fingerprint density at radius 1 is 1.46 bits per heavy atom.